The van der Waals surface area contributed by atoms with Crippen molar-refractivity contribution in [3.63, 3.8) is 0 Å². The normalized spacial score (nSPS) is 16.3. The number of rotatable bonds is 1. The quantitative estimate of drug-likeness (QED) is 0.757. The first-order chi connectivity index (χ1) is 13.5. The van der Waals surface area contributed by atoms with Crippen molar-refractivity contribution in [3.8, 4) is 0 Å². The lowest BCUT2D eigenvalue weighted by Gasteiger charge is -2.13. The van der Waals surface area contributed by atoms with Crippen LogP contribution in [0.25, 0.3) is 11.6 Å². The summed E-state index contributed by atoms with van der Waals surface area (Å²) in [5.41, 5.74) is 6.97. The third-order valence-corrected chi connectivity index (χ3v) is 4.73. The van der Waals surface area contributed by atoms with E-state index in [-0.39, 0.29) is 11.8 Å². The predicted molar refractivity (Wildman–Crippen MR) is 112 cm³/mol. The van der Waals surface area contributed by atoms with Crippen LogP contribution in [0.2, 0.25) is 0 Å². The van der Waals surface area contributed by atoms with Gasteiger partial charge < -0.3 is 5.41 Å². The summed E-state index contributed by atoms with van der Waals surface area (Å²) in [6.45, 7) is 1.92. The molecule has 1 N–H and O–H groups in total. The molecule has 0 bridgehead atoms. The summed E-state index contributed by atoms with van der Waals surface area (Å²) in [5.74, 6) is -0.554. The van der Waals surface area contributed by atoms with Gasteiger partial charge in [0, 0.05) is 17.7 Å². The number of hydrogen-bond acceptors (Lipinski definition) is 3. The molecule has 0 saturated heterocycles. The average Bonchev–Trinajstić information content (AvgIpc) is 3.23. The molecular weight excluding hydrogens is 348 g/mol. The number of amides is 2. The van der Waals surface area contributed by atoms with Gasteiger partial charge in [-0.25, -0.2) is 4.90 Å². The monoisotopic (exact) mass is 366 g/mol. The highest BCUT2D eigenvalue weighted by Gasteiger charge is 2.24. The topological polar surface area (TPSA) is 61.2 Å². The number of imide groups is 1. The fourth-order valence-corrected chi connectivity index (χ4v) is 3.40. The molecule has 0 spiro atoms. The number of hydrogen-bond donors (Lipinski definition) is 1. The van der Waals surface area contributed by atoms with Crippen LogP contribution in [0.4, 0.5) is 5.69 Å². The van der Waals surface area contributed by atoms with Crippen molar-refractivity contribution >= 4 is 34.9 Å². The maximum absolute atomic E-state index is 11.3. The first kappa shape index (κ1) is 17.6. The molecule has 3 aliphatic rings. The van der Waals surface area contributed by atoms with E-state index >= 15 is 0 Å². The van der Waals surface area contributed by atoms with Crippen LogP contribution in [0.15, 0.2) is 84.5 Å². The van der Waals surface area contributed by atoms with Crippen LogP contribution in [0.1, 0.15) is 16.7 Å². The van der Waals surface area contributed by atoms with Gasteiger partial charge in [-0.15, -0.1) is 0 Å². The van der Waals surface area contributed by atoms with Crippen LogP contribution < -0.4 is 4.90 Å². The molecular formula is C24H18N2O2. The summed E-state index contributed by atoms with van der Waals surface area (Å²) in [6.07, 6.45) is 10.5. The minimum Gasteiger partial charge on any atom is -0.300 e. The van der Waals surface area contributed by atoms with Gasteiger partial charge in [0.05, 0.1) is 11.4 Å². The van der Waals surface area contributed by atoms with Gasteiger partial charge in [-0.2, -0.15) is 0 Å². The van der Waals surface area contributed by atoms with Gasteiger partial charge in [-0.3, -0.25) is 9.59 Å². The van der Waals surface area contributed by atoms with Crippen molar-refractivity contribution in [2.24, 2.45) is 0 Å². The van der Waals surface area contributed by atoms with E-state index in [1.165, 1.54) is 28.9 Å². The maximum Gasteiger partial charge on any atom is 0.258 e. The Kier molecular flexibility index (Phi) is 4.45. The molecule has 0 saturated carbocycles. The van der Waals surface area contributed by atoms with Crippen molar-refractivity contribution in [2.75, 3.05) is 4.90 Å². The molecule has 0 aromatic heterocycles. The van der Waals surface area contributed by atoms with Crippen molar-refractivity contribution in [3.05, 3.63) is 101 Å². The van der Waals surface area contributed by atoms with Crippen molar-refractivity contribution in [1.82, 2.24) is 0 Å². The van der Waals surface area contributed by atoms with Gasteiger partial charge in [0.1, 0.15) is 0 Å². The van der Waals surface area contributed by atoms with E-state index in [9.17, 15) is 9.59 Å². The summed E-state index contributed by atoms with van der Waals surface area (Å²) >= 11 is 0. The summed E-state index contributed by atoms with van der Waals surface area (Å²) in [6, 6.07) is 15.6. The Bertz CT molecular complexity index is 1110. The standard InChI is InChI=1S/C13H9N.C11H9NO2/c14-13-7-3-6-11-10-5-2-1-4-9(10)8-12(11)13;1-8-3-2-4-9(7-8)12-10(13)5-6-11(12)14/h1-8,14H;2-7H,1H3. The van der Waals surface area contributed by atoms with Crippen LogP contribution in [0.3, 0.4) is 0 Å². The van der Waals surface area contributed by atoms with E-state index in [0.717, 1.165) is 16.0 Å². The Morgan fingerprint density at radius 2 is 1.61 bits per heavy atom. The summed E-state index contributed by atoms with van der Waals surface area (Å²) < 4.78 is 0. The maximum atomic E-state index is 11.3. The Labute approximate surface area is 163 Å². The number of aryl methyl sites for hydroxylation is 1. The molecule has 0 fully saturated rings. The van der Waals surface area contributed by atoms with E-state index in [4.69, 9.17) is 5.41 Å². The lowest BCUT2D eigenvalue weighted by atomic mass is 9.96. The van der Waals surface area contributed by atoms with Crippen LogP contribution in [0.5, 0.6) is 0 Å². The van der Waals surface area contributed by atoms with E-state index in [1.54, 1.807) is 6.07 Å². The molecule has 1 aliphatic heterocycles. The predicted octanol–water partition coefficient (Wildman–Crippen LogP) is 4.48. The molecule has 136 valence electrons. The molecule has 0 atom stereocenters. The smallest absolute Gasteiger partial charge is 0.258 e. The highest BCUT2D eigenvalue weighted by atomic mass is 16.2. The van der Waals surface area contributed by atoms with Gasteiger partial charge in [-0.05, 0) is 53.5 Å². The van der Waals surface area contributed by atoms with Crippen LogP contribution in [0, 0.1) is 12.3 Å². The first-order valence-electron chi connectivity index (χ1n) is 8.96. The third-order valence-electron chi connectivity index (χ3n) is 4.73. The number of anilines is 1. The molecule has 4 heteroatoms. The Morgan fingerprint density at radius 1 is 0.857 bits per heavy atom. The van der Waals surface area contributed by atoms with E-state index in [1.807, 2.05) is 49.4 Å². The second kappa shape index (κ2) is 7.08. The second-order valence-corrected chi connectivity index (χ2v) is 6.68. The minimum atomic E-state index is -0.277. The van der Waals surface area contributed by atoms with E-state index in [0.29, 0.717) is 11.4 Å². The average molecular weight is 366 g/mol. The molecule has 0 unspecified atom stereocenters. The van der Waals surface area contributed by atoms with Crippen molar-refractivity contribution in [1.29, 1.82) is 5.41 Å². The lowest BCUT2D eigenvalue weighted by molar-refractivity contribution is -0.119. The second-order valence-electron chi connectivity index (χ2n) is 6.68. The number of carbonyl (C=O) groups is 2. The van der Waals surface area contributed by atoms with Crippen LogP contribution >= 0.6 is 0 Å². The van der Waals surface area contributed by atoms with E-state index < -0.39 is 0 Å². The SMILES string of the molecule is Cc1cccc(N2C(=O)C=CC2=O)c1.N=C1C=CC=C2C1=Cc1ccccc12. The number of carbonyl (C=O) groups excluding carboxylic acids is 2. The number of nitrogens with one attached hydrogen (secondary N) is 1. The summed E-state index contributed by atoms with van der Waals surface area (Å²) in [5, 5.41) is 7.80. The lowest BCUT2D eigenvalue weighted by Crippen LogP contribution is -2.29. The Hall–Kier alpha value is -3.79. The van der Waals surface area contributed by atoms with Gasteiger partial charge in [0.25, 0.3) is 11.8 Å². The summed E-state index contributed by atoms with van der Waals surface area (Å²) in [4.78, 5) is 23.8. The highest BCUT2D eigenvalue weighted by Crippen LogP contribution is 2.37. The first-order valence-corrected chi connectivity index (χ1v) is 8.96. The van der Waals surface area contributed by atoms with Gasteiger partial charge >= 0.3 is 0 Å². The van der Waals surface area contributed by atoms with Crippen LogP contribution in [-0.2, 0) is 9.59 Å². The Morgan fingerprint density at radius 3 is 2.36 bits per heavy atom. The van der Waals surface area contributed by atoms with Crippen molar-refractivity contribution < 1.29 is 9.59 Å². The molecule has 2 aromatic carbocycles. The number of benzene rings is 2. The van der Waals surface area contributed by atoms with E-state index in [2.05, 4.69) is 24.3 Å². The number of nitrogens with zero attached hydrogens (tertiary/aromatic N) is 1. The molecule has 4 nitrogen and oxygen atoms in total. The zero-order chi connectivity index (χ0) is 19.7. The molecule has 0 radical (unpaired) electrons. The largest absolute Gasteiger partial charge is 0.300 e. The van der Waals surface area contributed by atoms with Gasteiger partial charge in [0.2, 0.25) is 0 Å². The molecule has 1 heterocycles. The minimum absolute atomic E-state index is 0.277. The molecule has 28 heavy (non-hydrogen) atoms. The molecule has 2 aromatic rings. The molecule has 2 aliphatic carbocycles. The van der Waals surface area contributed by atoms with Crippen LogP contribution in [-0.4, -0.2) is 17.5 Å². The fraction of sp³-hybridized carbons (Fsp3) is 0.0417. The number of allylic oxidation sites excluding steroid dienone is 5. The highest BCUT2D eigenvalue weighted by molar-refractivity contribution is 6.28. The molecule has 5 rings (SSSR count). The zero-order valence-electron chi connectivity index (χ0n) is 15.3. The molecule has 2 amide bonds. The van der Waals surface area contributed by atoms with Gasteiger partial charge in [-0.1, -0.05) is 48.6 Å². The third kappa shape index (κ3) is 3.16. The van der Waals surface area contributed by atoms with Crippen molar-refractivity contribution in [2.45, 2.75) is 6.92 Å². The summed E-state index contributed by atoms with van der Waals surface area (Å²) in [7, 11) is 0. The Balaban J connectivity index is 0.000000137. The van der Waals surface area contributed by atoms with Gasteiger partial charge in [0.15, 0.2) is 0 Å². The fourth-order valence-electron chi connectivity index (χ4n) is 3.40. The number of fused-ring (bicyclic) bond motifs is 3. The zero-order valence-corrected chi connectivity index (χ0v) is 15.3.